The van der Waals surface area contributed by atoms with Gasteiger partial charge in [0.05, 0.1) is 12.7 Å². The zero-order chi connectivity index (χ0) is 14.3. The highest BCUT2D eigenvalue weighted by Crippen LogP contribution is 2.12. The smallest absolute Gasteiger partial charge is 0.338 e. The Balaban J connectivity index is 2.46. The van der Waals surface area contributed by atoms with Gasteiger partial charge in [-0.25, -0.2) is 9.59 Å². The zero-order valence-electron chi connectivity index (χ0n) is 10.8. The SMILES string of the molecule is COC(=O)/C=C/C[C@H](C)OC(=O)c1ccc(Br)cc1. The molecule has 1 rings (SSSR count). The summed E-state index contributed by atoms with van der Waals surface area (Å²) in [5.74, 6) is -0.807. The Morgan fingerprint density at radius 3 is 2.53 bits per heavy atom. The van der Waals surface area contributed by atoms with E-state index in [-0.39, 0.29) is 12.1 Å². The number of benzene rings is 1. The van der Waals surface area contributed by atoms with Crippen LogP contribution in [0, 0.1) is 0 Å². The maximum absolute atomic E-state index is 11.8. The van der Waals surface area contributed by atoms with E-state index < -0.39 is 5.97 Å². The Morgan fingerprint density at radius 1 is 1.32 bits per heavy atom. The molecule has 1 aromatic carbocycles. The molecule has 19 heavy (non-hydrogen) atoms. The van der Waals surface area contributed by atoms with Gasteiger partial charge in [0.1, 0.15) is 6.10 Å². The van der Waals surface area contributed by atoms with Crippen LogP contribution >= 0.6 is 15.9 Å². The van der Waals surface area contributed by atoms with Crippen molar-refractivity contribution in [3.8, 4) is 0 Å². The van der Waals surface area contributed by atoms with Gasteiger partial charge < -0.3 is 9.47 Å². The van der Waals surface area contributed by atoms with Gasteiger partial charge >= 0.3 is 11.9 Å². The third-order valence-corrected chi connectivity index (χ3v) is 2.84. The minimum Gasteiger partial charge on any atom is -0.466 e. The fourth-order valence-electron chi connectivity index (χ4n) is 1.31. The van der Waals surface area contributed by atoms with Crippen molar-refractivity contribution in [3.05, 3.63) is 46.5 Å². The highest BCUT2D eigenvalue weighted by Gasteiger charge is 2.10. The number of hydrogen-bond donors (Lipinski definition) is 0. The fraction of sp³-hybridized carbons (Fsp3) is 0.286. The number of hydrogen-bond acceptors (Lipinski definition) is 4. The van der Waals surface area contributed by atoms with Crippen LogP contribution in [0.1, 0.15) is 23.7 Å². The minimum atomic E-state index is -0.425. The second-order valence-electron chi connectivity index (χ2n) is 3.88. The van der Waals surface area contributed by atoms with E-state index in [2.05, 4.69) is 20.7 Å². The first-order valence-corrected chi connectivity index (χ1v) is 6.53. The number of rotatable bonds is 5. The molecule has 0 aliphatic carbocycles. The lowest BCUT2D eigenvalue weighted by molar-refractivity contribution is -0.134. The lowest BCUT2D eigenvalue weighted by Crippen LogP contribution is -2.14. The van der Waals surface area contributed by atoms with Crippen molar-refractivity contribution in [2.75, 3.05) is 7.11 Å². The molecule has 0 bridgehead atoms. The first kappa shape index (κ1) is 15.4. The lowest BCUT2D eigenvalue weighted by atomic mass is 10.2. The zero-order valence-corrected chi connectivity index (χ0v) is 12.3. The van der Waals surface area contributed by atoms with Crippen molar-refractivity contribution in [2.45, 2.75) is 19.4 Å². The number of carbonyl (C=O) groups is 2. The molecule has 0 N–H and O–H groups in total. The van der Waals surface area contributed by atoms with Crippen LogP contribution in [0.2, 0.25) is 0 Å². The number of methoxy groups -OCH3 is 1. The summed E-state index contributed by atoms with van der Waals surface area (Å²) in [6.45, 7) is 1.76. The standard InChI is InChI=1S/C14H15BrO4/c1-10(4-3-5-13(16)18-2)19-14(17)11-6-8-12(15)9-7-11/h3,5-10H,4H2,1-2H3/b5-3+/t10-/m0/s1. The van der Waals surface area contributed by atoms with Gasteiger partial charge in [-0.05, 0) is 31.2 Å². The van der Waals surface area contributed by atoms with Crippen molar-refractivity contribution in [2.24, 2.45) is 0 Å². The molecule has 1 aromatic rings. The minimum absolute atomic E-state index is 0.308. The number of carbonyl (C=O) groups excluding carboxylic acids is 2. The van der Waals surface area contributed by atoms with E-state index in [1.165, 1.54) is 13.2 Å². The molecule has 4 nitrogen and oxygen atoms in total. The van der Waals surface area contributed by atoms with Gasteiger partial charge in [0.2, 0.25) is 0 Å². The van der Waals surface area contributed by atoms with Gasteiger partial charge in [0, 0.05) is 17.0 Å². The molecule has 5 heteroatoms. The van der Waals surface area contributed by atoms with Crippen LogP contribution in [0.25, 0.3) is 0 Å². The van der Waals surface area contributed by atoms with Crippen LogP contribution in [0.3, 0.4) is 0 Å². The molecular weight excluding hydrogens is 312 g/mol. The first-order valence-electron chi connectivity index (χ1n) is 5.74. The number of halogens is 1. The first-order chi connectivity index (χ1) is 9.02. The second-order valence-corrected chi connectivity index (χ2v) is 4.80. The molecule has 0 heterocycles. The summed E-state index contributed by atoms with van der Waals surface area (Å²) in [4.78, 5) is 22.6. The van der Waals surface area contributed by atoms with Crippen LogP contribution in [0.15, 0.2) is 40.9 Å². The molecule has 102 valence electrons. The summed E-state index contributed by atoms with van der Waals surface area (Å²) in [5.41, 5.74) is 0.493. The average Bonchev–Trinajstić information content (AvgIpc) is 2.39. The summed E-state index contributed by atoms with van der Waals surface area (Å²) >= 11 is 3.29. The van der Waals surface area contributed by atoms with E-state index in [0.717, 1.165) is 4.47 Å². The Hall–Kier alpha value is -1.62. The van der Waals surface area contributed by atoms with Crippen molar-refractivity contribution in [1.82, 2.24) is 0 Å². The largest absolute Gasteiger partial charge is 0.466 e. The van der Waals surface area contributed by atoms with Crippen molar-refractivity contribution >= 4 is 27.9 Å². The topological polar surface area (TPSA) is 52.6 Å². The molecule has 0 spiro atoms. The highest BCUT2D eigenvalue weighted by atomic mass is 79.9. The average molecular weight is 327 g/mol. The van der Waals surface area contributed by atoms with Crippen LogP contribution in [-0.4, -0.2) is 25.2 Å². The van der Waals surface area contributed by atoms with Gasteiger partial charge in [-0.3, -0.25) is 0 Å². The van der Waals surface area contributed by atoms with Crippen molar-refractivity contribution in [1.29, 1.82) is 0 Å². The molecule has 0 aromatic heterocycles. The van der Waals surface area contributed by atoms with E-state index in [1.807, 2.05) is 0 Å². The van der Waals surface area contributed by atoms with Crippen LogP contribution < -0.4 is 0 Å². The molecule has 0 amide bonds. The molecule has 0 aliphatic heterocycles. The van der Waals surface area contributed by atoms with E-state index in [4.69, 9.17) is 4.74 Å². The molecule has 0 fully saturated rings. The summed E-state index contributed by atoms with van der Waals surface area (Å²) in [5, 5.41) is 0. The van der Waals surface area contributed by atoms with Gasteiger partial charge in [-0.2, -0.15) is 0 Å². The van der Waals surface area contributed by atoms with E-state index in [0.29, 0.717) is 12.0 Å². The van der Waals surface area contributed by atoms with Crippen LogP contribution in [0.5, 0.6) is 0 Å². The summed E-state index contributed by atoms with van der Waals surface area (Å²) < 4.78 is 10.6. The lowest BCUT2D eigenvalue weighted by Gasteiger charge is -2.11. The quantitative estimate of drug-likeness (QED) is 0.616. The monoisotopic (exact) mass is 326 g/mol. The Morgan fingerprint density at radius 2 is 1.95 bits per heavy atom. The van der Waals surface area contributed by atoms with Gasteiger partial charge in [0.15, 0.2) is 0 Å². The Bertz CT molecular complexity index is 465. The molecule has 0 unspecified atom stereocenters. The molecule has 0 saturated carbocycles. The summed E-state index contributed by atoms with van der Waals surface area (Å²) in [6, 6.07) is 6.92. The second kappa shape index (κ2) is 7.74. The van der Waals surface area contributed by atoms with Gasteiger partial charge in [-0.1, -0.05) is 22.0 Å². The highest BCUT2D eigenvalue weighted by molar-refractivity contribution is 9.10. The van der Waals surface area contributed by atoms with Crippen molar-refractivity contribution in [3.63, 3.8) is 0 Å². The fourth-order valence-corrected chi connectivity index (χ4v) is 1.57. The van der Waals surface area contributed by atoms with Crippen LogP contribution in [0.4, 0.5) is 0 Å². The molecule has 1 atom stereocenters. The summed E-state index contributed by atoms with van der Waals surface area (Å²) in [6.07, 6.45) is 3.07. The Labute approximate surface area is 120 Å². The van der Waals surface area contributed by atoms with E-state index in [1.54, 1.807) is 37.3 Å². The van der Waals surface area contributed by atoms with Gasteiger partial charge in [0.25, 0.3) is 0 Å². The van der Waals surface area contributed by atoms with E-state index in [9.17, 15) is 9.59 Å². The molecule has 0 saturated heterocycles. The maximum atomic E-state index is 11.8. The molecule has 0 aliphatic rings. The van der Waals surface area contributed by atoms with Gasteiger partial charge in [-0.15, -0.1) is 0 Å². The van der Waals surface area contributed by atoms with E-state index >= 15 is 0 Å². The predicted molar refractivity (Wildman–Crippen MR) is 74.8 cm³/mol. The predicted octanol–water partition coefficient (Wildman–Crippen LogP) is 3.11. The molecule has 0 radical (unpaired) electrons. The van der Waals surface area contributed by atoms with Crippen LogP contribution in [-0.2, 0) is 14.3 Å². The maximum Gasteiger partial charge on any atom is 0.338 e. The normalized spacial score (nSPS) is 12.2. The Kier molecular flexibility index (Phi) is 6.29. The third kappa shape index (κ3) is 5.70. The van der Waals surface area contributed by atoms with Crippen molar-refractivity contribution < 1.29 is 19.1 Å². The third-order valence-electron chi connectivity index (χ3n) is 2.31. The summed E-state index contributed by atoms with van der Waals surface area (Å²) in [7, 11) is 1.31. The number of ether oxygens (including phenoxy) is 2. The number of esters is 2. The molecular formula is C14H15BrO4.